The molecule has 1 atom stereocenters. The van der Waals surface area contributed by atoms with Crippen molar-refractivity contribution in [1.82, 2.24) is 5.32 Å². The van der Waals surface area contributed by atoms with Crippen molar-refractivity contribution in [2.45, 2.75) is 43.7 Å². The third kappa shape index (κ3) is 2.79. The number of rotatable bonds is 5. The van der Waals surface area contributed by atoms with E-state index in [0.29, 0.717) is 6.04 Å². The molecule has 0 amide bonds. The molecule has 18 heavy (non-hydrogen) atoms. The summed E-state index contributed by atoms with van der Waals surface area (Å²) in [6.07, 6.45) is 5.90. The molecule has 0 spiro atoms. The molecule has 1 unspecified atom stereocenters. The van der Waals surface area contributed by atoms with Crippen molar-refractivity contribution in [2.75, 3.05) is 14.2 Å². The van der Waals surface area contributed by atoms with Gasteiger partial charge in [-0.3, -0.25) is 0 Å². The van der Waals surface area contributed by atoms with Crippen molar-refractivity contribution >= 4 is 15.9 Å². The van der Waals surface area contributed by atoms with Crippen LogP contribution in [0, 0.1) is 0 Å². The second kappa shape index (κ2) is 6.18. The van der Waals surface area contributed by atoms with Crippen LogP contribution in [0.25, 0.3) is 0 Å². The van der Waals surface area contributed by atoms with Gasteiger partial charge >= 0.3 is 0 Å². The fourth-order valence-electron chi connectivity index (χ4n) is 3.10. The minimum Gasteiger partial charge on any atom is -0.377 e. The summed E-state index contributed by atoms with van der Waals surface area (Å²) in [6, 6.07) is 8.83. The van der Waals surface area contributed by atoms with E-state index in [1.54, 1.807) is 0 Å². The van der Waals surface area contributed by atoms with Crippen LogP contribution >= 0.6 is 15.9 Å². The SMILES string of the molecule is CNC(Cc1ccccc1Br)C1(OC)CCCC1. The zero-order chi connectivity index (χ0) is 13.0. The predicted molar refractivity (Wildman–Crippen MR) is 78.9 cm³/mol. The van der Waals surface area contributed by atoms with Gasteiger partial charge in [-0.05, 0) is 37.9 Å². The Morgan fingerprint density at radius 1 is 1.33 bits per heavy atom. The van der Waals surface area contributed by atoms with Gasteiger partial charge in [-0.1, -0.05) is 47.0 Å². The molecule has 1 fully saturated rings. The van der Waals surface area contributed by atoms with Crippen LogP contribution in [-0.2, 0) is 11.2 Å². The number of hydrogen-bond acceptors (Lipinski definition) is 2. The fraction of sp³-hybridized carbons (Fsp3) is 0.600. The summed E-state index contributed by atoms with van der Waals surface area (Å²) in [6.45, 7) is 0. The van der Waals surface area contributed by atoms with Gasteiger partial charge in [-0.25, -0.2) is 0 Å². The van der Waals surface area contributed by atoms with Crippen molar-refractivity contribution in [3.8, 4) is 0 Å². The predicted octanol–water partition coefficient (Wildman–Crippen LogP) is 3.54. The summed E-state index contributed by atoms with van der Waals surface area (Å²) in [7, 11) is 3.90. The van der Waals surface area contributed by atoms with Gasteiger partial charge in [-0.2, -0.15) is 0 Å². The Balaban J connectivity index is 2.16. The second-order valence-corrected chi connectivity index (χ2v) is 5.97. The van der Waals surface area contributed by atoms with E-state index in [2.05, 4.69) is 45.5 Å². The summed E-state index contributed by atoms with van der Waals surface area (Å²) >= 11 is 3.63. The lowest BCUT2D eigenvalue weighted by Gasteiger charge is -2.36. The number of likely N-dealkylation sites (N-methyl/N-ethyl adjacent to an activating group) is 1. The Hall–Kier alpha value is -0.380. The summed E-state index contributed by atoms with van der Waals surface area (Å²) in [4.78, 5) is 0. The van der Waals surface area contributed by atoms with E-state index in [-0.39, 0.29) is 5.60 Å². The van der Waals surface area contributed by atoms with Crippen LogP contribution in [0.2, 0.25) is 0 Å². The molecule has 1 aromatic rings. The van der Waals surface area contributed by atoms with Gasteiger partial charge in [-0.15, -0.1) is 0 Å². The monoisotopic (exact) mass is 311 g/mol. The molecule has 1 saturated carbocycles. The molecule has 3 heteroatoms. The third-order valence-electron chi connectivity index (χ3n) is 4.22. The molecule has 0 radical (unpaired) electrons. The Morgan fingerprint density at radius 3 is 2.56 bits per heavy atom. The Labute approximate surface area is 118 Å². The van der Waals surface area contributed by atoms with E-state index in [4.69, 9.17) is 4.74 Å². The van der Waals surface area contributed by atoms with Crippen molar-refractivity contribution < 1.29 is 4.74 Å². The normalized spacial score (nSPS) is 19.9. The third-order valence-corrected chi connectivity index (χ3v) is 5.00. The van der Waals surface area contributed by atoms with Crippen molar-refractivity contribution in [2.24, 2.45) is 0 Å². The molecule has 1 aliphatic carbocycles. The first-order valence-corrected chi connectivity index (χ1v) is 7.47. The smallest absolute Gasteiger partial charge is 0.0834 e. The van der Waals surface area contributed by atoms with E-state index in [9.17, 15) is 0 Å². The zero-order valence-electron chi connectivity index (χ0n) is 11.2. The van der Waals surface area contributed by atoms with E-state index >= 15 is 0 Å². The number of hydrogen-bond donors (Lipinski definition) is 1. The molecule has 1 aromatic carbocycles. The lowest BCUT2D eigenvalue weighted by atomic mass is 9.87. The molecule has 100 valence electrons. The van der Waals surface area contributed by atoms with Crippen LogP contribution in [0.1, 0.15) is 31.2 Å². The fourth-order valence-corrected chi connectivity index (χ4v) is 3.55. The highest BCUT2D eigenvalue weighted by Crippen LogP contribution is 2.37. The maximum absolute atomic E-state index is 5.89. The molecule has 0 saturated heterocycles. The van der Waals surface area contributed by atoms with Crippen LogP contribution in [0.3, 0.4) is 0 Å². The Kier molecular flexibility index (Phi) is 4.82. The molecule has 0 aromatic heterocycles. The van der Waals surface area contributed by atoms with Crippen LogP contribution in [0.5, 0.6) is 0 Å². The van der Waals surface area contributed by atoms with Gasteiger partial charge in [0.05, 0.1) is 5.60 Å². The Bertz CT molecular complexity index is 388. The summed E-state index contributed by atoms with van der Waals surface area (Å²) in [5.41, 5.74) is 1.37. The Morgan fingerprint density at radius 2 is 2.00 bits per heavy atom. The van der Waals surface area contributed by atoms with Gasteiger partial charge in [0, 0.05) is 17.6 Å². The molecule has 0 bridgehead atoms. The minimum atomic E-state index is 0.0179. The summed E-state index contributed by atoms with van der Waals surface area (Å²) < 4.78 is 7.08. The average molecular weight is 312 g/mol. The van der Waals surface area contributed by atoms with Crippen LogP contribution in [0.4, 0.5) is 0 Å². The highest BCUT2D eigenvalue weighted by Gasteiger charge is 2.40. The van der Waals surface area contributed by atoms with Gasteiger partial charge in [0.15, 0.2) is 0 Å². The molecular formula is C15H22BrNO. The van der Waals surface area contributed by atoms with Gasteiger partial charge < -0.3 is 10.1 Å². The lowest BCUT2D eigenvalue weighted by molar-refractivity contribution is -0.0336. The topological polar surface area (TPSA) is 21.3 Å². The lowest BCUT2D eigenvalue weighted by Crippen LogP contribution is -2.50. The van der Waals surface area contributed by atoms with E-state index in [0.717, 1.165) is 6.42 Å². The zero-order valence-corrected chi connectivity index (χ0v) is 12.8. The molecule has 0 aliphatic heterocycles. The van der Waals surface area contributed by atoms with Crippen LogP contribution in [0.15, 0.2) is 28.7 Å². The van der Waals surface area contributed by atoms with E-state index in [1.165, 1.54) is 35.7 Å². The molecule has 0 heterocycles. The maximum Gasteiger partial charge on any atom is 0.0834 e. The highest BCUT2D eigenvalue weighted by atomic mass is 79.9. The van der Waals surface area contributed by atoms with E-state index in [1.807, 2.05) is 14.2 Å². The van der Waals surface area contributed by atoms with Crippen molar-refractivity contribution in [3.05, 3.63) is 34.3 Å². The first kappa shape index (κ1) is 14.0. The highest BCUT2D eigenvalue weighted by molar-refractivity contribution is 9.10. The first-order valence-electron chi connectivity index (χ1n) is 6.67. The maximum atomic E-state index is 5.89. The number of methoxy groups -OCH3 is 1. The second-order valence-electron chi connectivity index (χ2n) is 5.11. The number of ether oxygens (including phenoxy) is 1. The standard InChI is InChI=1S/C15H22BrNO/c1-17-14(15(18-2)9-5-6-10-15)11-12-7-3-4-8-13(12)16/h3-4,7-8,14,17H,5-6,9-11H2,1-2H3. The molecule has 1 N–H and O–H groups in total. The van der Waals surface area contributed by atoms with E-state index < -0.39 is 0 Å². The van der Waals surface area contributed by atoms with Gasteiger partial charge in [0.1, 0.15) is 0 Å². The van der Waals surface area contributed by atoms with Crippen molar-refractivity contribution in [3.63, 3.8) is 0 Å². The number of nitrogens with one attached hydrogen (secondary N) is 1. The van der Waals surface area contributed by atoms with Gasteiger partial charge in [0.2, 0.25) is 0 Å². The molecule has 1 aliphatic rings. The van der Waals surface area contributed by atoms with Gasteiger partial charge in [0.25, 0.3) is 0 Å². The first-order chi connectivity index (χ1) is 8.72. The summed E-state index contributed by atoms with van der Waals surface area (Å²) in [5, 5.41) is 3.47. The molecular weight excluding hydrogens is 290 g/mol. The van der Waals surface area contributed by atoms with Crippen molar-refractivity contribution in [1.29, 1.82) is 0 Å². The van der Waals surface area contributed by atoms with Crippen LogP contribution < -0.4 is 5.32 Å². The molecule has 2 nitrogen and oxygen atoms in total. The largest absolute Gasteiger partial charge is 0.377 e. The number of halogens is 1. The van der Waals surface area contributed by atoms with Crippen LogP contribution in [-0.4, -0.2) is 25.8 Å². The average Bonchev–Trinajstić information content (AvgIpc) is 2.88. The summed E-state index contributed by atoms with van der Waals surface area (Å²) in [5.74, 6) is 0. The molecule has 2 rings (SSSR count). The quantitative estimate of drug-likeness (QED) is 0.898. The minimum absolute atomic E-state index is 0.0179. The number of benzene rings is 1.